The Morgan fingerprint density at radius 2 is 2.31 bits per heavy atom. The highest BCUT2D eigenvalue weighted by molar-refractivity contribution is 8.09. The zero-order chi connectivity index (χ0) is 9.47. The summed E-state index contributed by atoms with van der Waals surface area (Å²) in [4.78, 5) is 3.75. The van der Waals surface area contributed by atoms with Crippen LogP contribution in [0.25, 0.3) is 0 Å². The largest absolute Gasteiger partial charge is 0.374 e. The van der Waals surface area contributed by atoms with Crippen LogP contribution in [0.1, 0.15) is 12.8 Å². The van der Waals surface area contributed by atoms with Gasteiger partial charge in [0.25, 0.3) is 0 Å². The van der Waals surface area contributed by atoms with Crippen molar-refractivity contribution < 1.29 is 8.42 Å². The molecule has 0 aromatic rings. The zero-order valence-electron chi connectivity index (χ0n) is 7.03. The lowest BCUT2D eigenvalue weighted by Crippen LogP contribution is -2.19. The quantitative estimate of drug-likeness (QED) is 0.633. The number of nitrogens with two attached hydrogens (primary N) is 1. The van der Waals surface area contributed by atoms with Gasteiger partial charge in [0, 0.05) is 12.6 Å². The van der Waals surface area contributed by atoms with Gasteiger partial charge in [0.2, 0.25) is 15.0 Å². The predicted molar refractivity (Wildman–Crippen MR) is 49.6 cm³/mol. The molecule has 0 saturated heterocycles. The summed E-state index contributed by atoms with van der Waals surface area (Å²) in [7, 11) is -3.38. The first-order chi connectivity index (χ1) is 6.08. The van der Waals surface area contributed by atoms with Crippen molar-refractivity contribution in [3.05, 3.63) is 11.1 Å². The summed E-state index contributed by atoms with van der Waals surface area (Å²) in [5.74, 6) is 0. The van der Waals surface area contributed by atoms with Crippen molar-refractivity contribution >= 4 is 15.0 Å². The van der Waals surface area contributed by atoms with Crippen molar-refractivity contribution in [3.8, 4) is 0 Å². The van der Waals surface area contributed by atoms with Gasteiger partial charge in [-0.1, -0.05) is 0 Å². The van der Waals surface area contributed by atoms with E-state index in [-0.39, 0.29) is 5.17 Å². The summed E-state index contributed by atoms with van der Waals surface area (Å²) in [6, 6.07) is 0.542. The van der Waals surface area contributed by atoms with Gasteiger partial charge >= 0.3 is 0 Å². The van der Waals surface area contributed by atoms with Crippen LogP contribution in [0.2, 0.25) is 0 Å². The topological polar surface area (TPSA) is 84.5 Å². The van der Waals surface area contributed by atoms with E-state index in [2.05, 4.69) is 10.3 Å². The molecular formula is C7H11N3O2S. The van der Waals surface area contributed by atoms with Gasteiger partial charge < -0.3 is 11.1 Å². The molecule has 1 saturated carbocycles. The second-order valence-corrected chi connectivity index (χ2v) is 5.00. The van der Waals surface area contributed by atoms with Gasteiger partial charge in [0.15, 0.2) is 0 Å². The molecule has 13 heavy (non-hydrogen) atoms. The van der Waals surface area contributed by atoms with Gasteiger partial charge in [-0.05, 0) is 12.8 Å². The number of aliphatic imine (C=N–C) groups is 1. The fourth-order valence-electron chi connectivity index (χ4n) is 1.09. The van der Waals surface area contributed by atoms with Gasteiger partial charge in [-0.25, -0.2) is 13.4 Å². The molecule has 5 nitrogen and oxygen atoms in total. The molecule has 2 rings (SSSR count). The summed E-state index contributed by atoms with van der Waals surface area (Å²) in [6.07, 6.45) is 2.33. The van der Waals surface area contributed by atoms with E-state index < -0.39 is 9.84 Å². The molecule has 0 atom stereocenters. The molecule has 0 radical (unpaired) electrons. The molecule has 0 spiro atoms. The van der Waals surface area contributed by atoms with Gasteiger partial charge in [-0.2, -0.15) is 0 Å². The highest BCUT2D eigenvalue weighted by Gasteiger charge is 2.24. The lowest BCUT2D eigenvalue weighted by Gasteiger charge is -1.98. The van der Waals surface area contributed by atoms with E-state index in [1.807, 2.05) is 0 Å². The minimum absolute atomic E-state index is 0.292. The molecule has 0 unspecified atom stereocenters. The standard InChI is InChI=1S/C7H11N3O2S/c8-7-10-6(4-13(7,11)12)3-9-5-1-2-5/h4-5,9H,1-3H2,(H2,8,10). The van der Waals surface area contributed by atoms with Crippen LogP contribution < -0.4 is 11.1 Å². The predicted octanol–water partition coefficient (Wildman–Crippen LogP) is -0.677. The second-order valence-electron chi connectivity index (χ2n) is 3.26. The van der Waals surface area contributed by atoms with E-state index >= 15 is 0 Å². The highest BCUT2D eigenvalue weighted by Crippen LogP contribution is 2.19. The average molecular weight is 201 g/mol. The van der Waals surface area contributed by atoms with Crippen molar-refractivity contribution in [1.29, 1.82) is 0 Å². The highest BCUT2D eigenvalue weighted by atomic mass is 32.2. The maximum absolute atomic E-state index is 11.1. The average Bonchev–Trinajstić information content (AvgIpc) is 2.78. The maximum Gasteiger partial charge on any atom is 0.234 e. The molecule has 1 aliphatic heterocycles. The summed E-state index contributed by atoms with van der Waals surface area (Å²) < 4.78 is 22.1. The first-order valence-corrected chi connectivity index (χ1v) is 5.66. The van der Waals surface area contributed by atoms with Gasteiger partial charge in [0.1, 0.15) is 0 Å². The molecule has 1 fully saturated rings. The van der Waals surface area contributed by atoms with Crippen LogP contribution in [0.4, 0.5) is 0 Å². The first-order valence-electron chi connectivity index (χ1n) is 4.11. The third kappa shape index (κ3) is 1.89. The number of hydrogen-bond donors (Lipinski definition) is 2. The maximum atomic E-state index is 11.1. The SMILES string of the molecule is NC1=NC(CNC2CC2)=CS1(=O)=O. The van der Waals surface area contributed by atoms with Crippen LogP contribution in [0, 0.1) is 0 Å². The van der Waals surface area contributed by atoms with E-state index in [4.69, 9.17) is 5.73 Å². The molecule has 1 aliphatic carbocycles. The third-order valence-corrected chi connectivity index (χ3v) is 3.24. The van der Waals surface area contributed by atoms with E-state index in [1.54, 1.807) is 0 Å². The van der Waals surface area contributed by atoms with Crippen molar-refractivity contribution in [3.63, 3.8) is 0 Å². The van der Waals surface area contributed by atoms with Crippen molar-refractivity contribution in [1.82, 2.24) is 5.32 Å². The third-order valence-electron chi connectivity index (χ3n) is 1.99. The second kappa shape index (κ2) is 2.81. The fraction of sp³-hybridized carbons (Fsp3) is 0.571. The smallest absolute Gasteiger partial charge is 0.234 e. The van der Waals surface area contributed by atoms with Crippen LogP contribution >= 0.6 is 0 Å². The Balaban J connectivity index is 2.01. The lowest BCUT2D eigenvalue weighted by atomic mass is 10.5. The number of nitrogens with zero attached hydrogens (tertiary/aromatic N) is 1. The van der Waals surface area contributed by atoms with Crippen LogP contribution in [-0.4, -0.2) is 26.2 Å². The Morgan fingerprint density at radius 1 is 1.62 bits per heavy atom. The molecule has 0 bridgehead atoms. The number of sulfone groups is 1. The first kappa shape index (κ1) is 8.71. The van der Waals surface area contributed by atoms with Crippen molar-refractivity contribution in [2.75, 3.05) is 6.54 Å². The molecular weight excluding hydrogens is 190 g/mol. The molecule has 0 aromatic heterocycles. The lowest BCUT2D eigenvalue weighted by molar-refractivity contribution is 0.615. The van der Waals surface area contributed by atoms with E-state index in [1.165, 1.54) is 12.8 Å². The molecule has 6 heteroatoms. The van der Waals surface area contributed by atoms with E-state index in [0.717, 1.165) is 5.41 Å². The molecule has 2 aliphatic rings. The normalized spacial score (nSPS) is 25.5. The van der Waals surface area contributed by atoms with Gasteiger partial charge in [0.05, 0.1) is 11.1 Å². The number of nitrogens with one attached hydrogen (secondary N) is 1. The summed E-state index contributed by atoms with van der Waals surface area (Å²) >= 11 is 0. The Labute approximate surface area is 76.6 Å². The van der Waals surface area contributed by atoms with Crippen molar-refractivity contribution in [2.45, 2.75) is 18.9 Å². The Hall–Kier alpha value is -0.880. The molecule has 0 aromatic carbocycles. The monoisotopic (exact) mass is 201 g/mol. The van der Waals surface area contributed by atoms with Crippen LogP contribution in [0.5, 0.6) is 0 Å². The molecule has 1 heterocycles. The number of rotatable bonds is 3. The van der Waals surface area contributed by atoms with E-state index in [0.29, 0.717) is 18.3 Å². The van der Waals surface area contributed by atoms with Gasteiger partial charge in [-0.3, -0.25) is 0 Å². The summed E-state index contributed by atoms with van der Waals surface area (Å²) in [6.45, 7) is 0.491. The molecule has 3 N–H and O–H groups in total. The Kier molecular flexibility index (Phi) is 1.88. The molecule has 72 valence electrons. The minimum Gasteiger partial charge on any atom is -0.374 e. The van der Waals surface area contributed by atoms with Gasteiger partial charge in [-0.15, -0.1) is 0 Å². The van der Waals surface area contributed by atoms with Crippen LogP contribution in [0.15, 0.2) is 16.1 Å². The fourth-order valence-corrected chi connectivity index (χ4v) is 1.95. The Bertz CT molecular complexity index is 379. The number of amidine groups is 1. The number of hydrogen-bond acceptors (Lipinski definition) is 5. The van der Waals surface area contributed by atoms with E-state index in [9.17, 15) is 8.42 Å². The van der Waals surface area contributed by atoms with Crippen molar-refractivity contribution in [2.24, 2.45) is 10.7 Å². The van der Waals surface area contributed by atoms with Crippen LogP contribution in [-0.2, 0) is 9.84 Å². The van der Waals surface area contributed by atoms with Crippen LogP contribution in [0.3, 0.4) is 0 Å². The zero-order valence-corrected chi connectivity index (χ0v) is 7.84. The summed E-state index contributed by atoms with van der Waals surface area (Å²) in [5, 5.41) is 3.99. The Morgan fingerprint density at radius 3 is 2.77 bits per heavy atom. The molecule has 0 amide bonds. The summed E-state index contributed by atoms with van der Waals surface area (Å²) in [5.41, 5.74) is 5.71. The minimum atomic E-state index is -3.38.